The Bertz CT molecular complexity index is 394. The SMILES string of the molecule is CCOC(=O)CCc1ccc(C(F)F)c(I)c1. The molecule has 0 fully saturated rings. The third kappa shape index (κ3) is 4.57. The van der Waals surface area contributed by atoms with E-state index < -0.39 is 6.43 Å². The van der Waals surface area contributed by atoms with Gasteiger partial charge in [0.15, 0.2) is 0 Å². The number of rotatable bonds is 5. The zero-order valence-corrected chi connectivity index (χ0v) is 11.5. The minimum atomic E-state index is -2.46. The number of aryl methyl sites for hydroxylation is 1. The molecule has 1 aromatic carbocycles. The van der Waals surface area contributed by atoms with Crippen LogP contribution in [-0.2, 0) is 16.0 Å². The lowest BCUT2D eigenvalue weighted by molar-refractivity contribution is -0.143. The topological polar surface area (TPSA) is 26.3 Å². The summed E-state index contributed by atoms with van der Waals surface area (Å²) in [5, 5.41) is 0. The van der Waals surface area contributed by atoms with E-state index in [1.54, 1.807) is 19.1 Å². The van der Waals surface area contributed by atoms with E-state index in [1.165, 1.54) is 6.07 Å². The van der Waals surface area contributed by atoms with Gasteiger partial charge in [0.1, 0.15) is 0 Å². The van der Waals surface area contributed by atoms with Crippen molar-refractivity contribution in [2.24, 2.45) is 0 Å². The zero-order chi connectivity index (χ0) is 12.8. The molecule has 0 amide bonds. The van der Waals surface area contributed by atoms with Crippen molar-refractivity contribution >= 4 is 28.6 Å². The van der Waals surface area contributed by atoms with Gasteiger partial charge in [0.2, 0.25) is 0 Å². The number of carbonyl (C=O) groups is 1. The maximum absolute atomic E-state index is 12.5. The van der Waals surface area contributed by atoms with Crippen LogP contribution in [-0.4, -0.2) is 12.6 Å². The predicted octanol–water partition coefficient (Wildman–Crippen LogP) is 3.72. The molecule has 5 heteroatoms. The van der Waals surface area contributed by atoms with Crippen LogP contribution in [0.25, 0.3) is 0 Å². The summed E-state index contributed by atoms with van der Waals surface area (Å²) in [7, 11) is 0. The Balaban J connectivity index is 2.62. The molecular weight excluding hydrogens is 341 g/mol. The van der Waals surface area contributed by atoms with Gasteiger partial charge in [-0.1, -0.05) is 12.1 Å². The van der Waals surface area contributed by atoms with Gasteiger partial charge in [0.25, 0.3) is 6.43 Å². The third-order valence-electron chi connectivity index (χ3n) is 2.22. The Hall–Kier alpha value is -0.720. The first-order valence-electron chi connectivity index (χ1n) is 5.26. The smallest absolute Gasteiger partial charge is 0.306 e. The summed E-state index contributed by atoms with van der Waals surface area (Å²) in [5.41, 5.74) is 0.900. The average Bonchev–Trinajstić information content (AvgIpc) is 2.26. The molecule has 0 atom stereocenters. The molecule has 0 aliphatic heterocycles. The minimum Gasteiger partial charge on any atom is -0.466 e. The second-order valence-electron chi connectivity index (χ2n) is 3.46. The van der Waals surface area contributed by atoms with Crippen LogP contribution in [0.4, 0.5) is 8.78 Å². The second kappa shape index (κ2) is 6.88. The van der Waals surface area contributed by atoms with Crippen molar-refractivity contribution in [3.63, 3.8) is 0 Å². The van der Waals surface area contributed by atoms with Crippen molar-refractivity contribution in [2.75, 3.05) is 6.61 Å². The molecule has 0 N–H and O–H groups in total. The summed E-state index contributed by atoms with van der Waals surface area (Å²) in [4.78, 5) is 11.1. The molecular formula is C12H13F2IO2. The fraction of sp³-hybridized carbons (Fsp3) is 0.417. The van der Waals surface area contributed by atoms with Gasteiger partial charge in [-0.2, -0.15) is 0 Å². The number of hydrogen-bond donors (Lipinski definition) is 0. The van der Waals surface area contributed by atoms with E-state index >= 15 is 0 Å². The standard InChI is InChI=1S/C12H13F2IO2/c1-2-17-11(16)6-4-8-3-5-9(12(13)14)10(15)7-8/h3,5,7,12H,2,4,6H2,1H3. The lowest BCUT2D eigenvalue weighted by Gasteiger charge is -2.06. The third-order valence-corrected chi connectivity index (χ3v) is 3.16. The van der Waals surface area contributed by atoms with Crippen molar-refractivity contribution in [3.8, 4) is 0 Å². The van der Waals surface area contributed by atoms with E-state index in [1.807, 2.05) is 22.6 Å². The molecule has 0 aliphatic carbocycles. The van der Waals surface area contributed by atoms with Crippen LogP contribution in [0.2, 0.25) is 0 Å². The van der Waals surface area contributed by atoms with Crippen molar-refractivity contribution in [1.82, 2.24) is 0 Å². The van der Waals surface area contributed by atoms with Gasteiger partial charge in [-0.3, -0.25) is 4.79 Å². The molecule has 0 spiro atoms. The number of benzene rings is 1. The second-order valence-corrected chi connectivity index (χ2v) is 4.62. The number of ether oxygens (including phenoxy) is 1. The van der Waals surface area contributed by atoms with E-state index in [-0.39, 0.29) is 18.0 Å². The van der Waals surface area contributed by atoms with Crippen LogP contribution < -0.4 is 0 Å². The van der Waals surface area contributed by atoms with Gasteiger partial charge >= 0.3 is 5.97 Å². The number of esters is 1. The molecule has 0 radical (unpaired) electrons. The molecule has 0 heterocycles. The van der Waals surface area contributed by atoms with Crippen LogP contribution in [0.5, 0.6) is 0 Å². The molecule has 94 valence electrons. The maximum Gasteiger partial charge on any atom is 0.306 e. The van der Waals surface area contributed by atoms with Gasteiger partial charge in [-0.05, 0) is 47.6 Å². The molecule has 1 aromatic rings. The monoisotopic (exact) mass is 354 g/mol. The predicted molar refractivity (Wildman–Crippen MR) is 69.1 cm³/mol. The van der Waals surface area contributed by atoms with Gasteiger partial charge < -0.3 is 4.74 Å². The zero-order valence-electron chi connectivity index (χ0n) is 9.38. The first kappa shape index (κ1) is 14.3. The molecule has 0 aromatic heterocycles. The van der Waals surface area contributed by atoms with Crippen LogP contribution in [0.1, 0.15) is 30.9 Å². The van der Waals surface area contributed by atoms with Crippen LogP contribution >= 0.6 is 22.6 Å². The summed E-state index contributed by atoms with van der Waals surface area (Å²) < 4.78 is 30.3. The first-order chi connectivity index (χ1) is 8.04. The normalized spacial score (nSPS) is 10.6. The molecule has 1 rings (SSSR count). The summed E-state index contributed by atoms with van der Waals surface area (Å²) in [6.07, 6.45) is -1.67. The Morgan fingerprint density at radius 3 is 2.71 bits per heavy atom. The number of carbonyl (C=O) groups excluding carboxylic acids is 1. The van der Waals surface area contributed by atoms with Gasteiger partial charge in [0.05, 0.1) is 6.61 Å². The van der Waals surface area contributed by atoms with E-state index in [0.29, 0.717) is 16.6 Å². The highest BCUT2D eigenvalue weighted by Gasteiger charge is 2.12. The molecule has 0 saturated carbocycles. The lowest BCUT2D eigenvalue weighted by atomic mass is 10.1. The highest BCUT2D eigenvalue weighted by atomic mass is 127. The Morgan fingerprint density at radius 1 is 1.47 bits per heavy atom. The summed E-state index contributed by atoms with van der Waals surface area (Å²) in [5.74, 6) is -0.263. The molecule has 0 unspecified atom stereocenters. The summed E-state index contributed by atoms with van der Waals surface area (Å²) in [6, 6.07) is 4.72. The van der Waals surface area contributed by atoms with Crippen LogP contribution in [0.3, 0.4) is 0 Å². The van der Waals surface area contributed by atoms with Crippen LogP contribution in [0, 0.1) is 3.57 Å². The van der Waals surface area contributed by atoms with Gasteiger partial charge in [-0.25, -0.2) is 8.78 Å². The molecule has 0 aliphatic rings. The fourth-order valence-electron chi connectivity index (χ4n) is 1.38. The highest BCUT2D eigenvalue weighted by molar-refractivity contribution is 14.1. The van der Waals surface area contributed by atoms with Crippen molar-refractivity contribution in [2.45, 2.75) is 26.2 Å². The largest absolute Gasteiger partial charge is 0.466 e. The van der Waals surface area contributed by atoms with E-state index in [4.69, 9.17) is 4.74 Å². The van der Waals surface area contributed by atoms with E-state index in [9.17, 15) is 13.6 Å². The van der Waals surface area contributed by atoms with E-state index in [2.05, 4.69) is 0 Å². The number of hydrogen-bond acceptors (Lipinski definition) is 2. The Kier molecular flexibility index (Phi) is 5.80. The Morgan fingerprint density at radius 2 is 2.18 bits per heavy atom. The minimum absolute atomic E-state index is 0.0329. The van der Waals surface area contributed by atoms with Crippen LogP contribution in [0.15, 0.2) is 18.2 Å². The number of halogens is 3. The lowest BCUT2D eigenvalue weighted by Crippen LogP contribution is -2.05. The van der Waals surface area contributed by atoms with E-state index in [0.717, 1.165) is 5.56 Å². The summed E-state index contributed by atoms with van der Waals surface area (Å²) in [6.45, 7) is 2.11. The first-order valence-corrected chi connectivity index (χ1v) is 6.34. The quantitative estimate of drug-likeness (QED) is 0.595. The molecule has 0 bridgehead atoms. The average molecular weight is 354 g/mol. The number of alkyl halides is 2. The molecule has 2 nitrogen and oxygen atoms in total. The van der Waals surface area contributed by atoms with Crippen molar-refractivity contribution < 1.29 is 18.3 Å². The highest BCUT2D eigenvalue weighted by Crippen LogP contribution is 2.25. The Labute approximate surface area is 112 Å². The fourth-order valence-corrected chi connectivity index (χ4v) is 2.20. The van der Waals surface area contributed by atoms with Crippen molar-refractivity contribution in [1.29, 1.82) is 0 Å². The van der Waals surface area contributed by atoms with Gasteiger partial charge in [0, 0.05) is 15.6 Å². The summed E-state index contributed by atoms with van der Waals surface area (Å²) >= 11 is 1.88. The van der Waals surface area contributed by atoms with Crippen molar-refractivity contribution in [3.05, 3.63) is 32.9 Å². The molecule has 17 heavy (non-hydrogen) atoms. The maximum atomic E-state index is 12.5. The van der Waals surface area contributed by atoms with Gasteiger partial charge in [-0.15, -0.1) is 0 Å². The molecule has 0 saturated heterocycles.